The van der Waals surface area contributed by atoms with E-state index >= 15 is 0 Å². The van der Waals surface area contributed by atoms with Crippen molar-refractivity contribution in [1.82, 2.24) is 9.97 Å². The number of nitrogens with zero attached hydrogens (tertiary/aromatic N) is 1. The highest BCUT2D eigenvalue weighted by Gasteiger charge is 2.04. The Morgan fingerprint density at radius 1 is 1.19 bits per heavy atom. The molecule has 0 amide bonds. The molecule has 0 aliphatic heterocycles. The Bertz CT molecular complexity index is 726. The van der Waals surface area contributed by atoms with E-state index in [1.807, 2.05) is 19.1 Å². The molecule has 1 N–H and O–H groups in total. The van der Waals surface area contributed by atoms with E-state index in [1.54, 1.807) is 6.20 Å². The molecule has 76 valence electrons. The van der Waals surface area contributed by atoms with E-state index in [2.05, 4.69) is 40.0 Å². The zero-order valence-electron chi connectivity index (χ0n) is 8.91. The number of hydrogen-bond donors (Lipinski definition) is 1. The van der Waals surface area contributed by atoms with Gasteiger partial charge in [0.2, 0.25) is 0 Å². The Balaban J connectivity index is 2.42. The zero-order valence-corrected chi connectivity index (χ0v) is 8.91. The monoisotopic (exact) mass is 206 g/mol. The third-order valence-corrected chi connectivity index (χ3v) is 2.63. The number of hydrogen-bond acceptors (Lipinski definition) is 1. The number of benzene rings is 1. The van der Waals surface area contributed by atoms with Crippen molar-refractivity contribution in [1.29, 1.82) is 0 Å². The number of rotatable bonds is 0. The minimum absolute atomic E-state index is 0.919. The third kappa shape index (κ3) is 1.26. The van der Waals surface area contributed by atoms with E-state index in [0.717, 1.165) is 22.1 Å². The molecule has 2 aromatic heterocycles. The molecule has 2 heterocycles. The van der Waals surface area contributed by atoms with E-state index in [9.17, 15) is 0 Å². The maximum atomic E-state index is 4.38. The minimum atomic E-state index is 0.919. The minimum Gasteiger partial charge on any atom is -0.339 e. The quantitative estimate of drug-likeness (QED) is 0.562. The first kappa shape index (κ1) is 8.99. The summed E-state index contributed by atoms with van der Waals surface area (Å²) in [5, 5.41) is 2.33. The van der Waals surface area contributed by atoms with Gasteiger partial charge in [-0.2, -0.15) is 0 Å². The molecule has 0 bridgehead atoms. The summed E-state index contributed by atoms with van der Waals surface area (Å²) in [5.74, 6) is 5.92. The second kappa shape index (κ2) is 3.39. The second-order valence-corrected chi connectivity index (χ2v) is 3.67. The molecule has 0 atom stereocenters. The average Bonchev–Trinajstić information content (AvgIpc) is 2.68. The molecule has 0 radical (unpaired) electrons. The van der Waals surface area contributed by atoms with Crippen molar-refractivity contribution in [3.05, 3.63) is 42.1 Å². The van der Waals surface area contributed by atoms with E-state index < -0.39 is 0 Å². The highest BCUT2D eigenvalue weighted by Crippen LogP contribution is 2.23. The number of aromatic amines is 1. The summed E-state index contributed by atoms with van der Waals surface area (Å²) in [5.41, 5.74) is 2.99. The molecule has 3 rings (SSSR count). The normalized spacial score (nSPS) is 10.3. The lowest BCUT2D eigenvalue weighted by molar-refractivity contribution is 1.34. The van der Waals surface area contributed by atoms with Gasteiger partial charge in [-0.1, -0.05) is 24.1 Å². The van der Waals surface area contributed by atoms with Crippen LogP contribution in [0.1, 0.15) is 12.5 Å². The molecule has 2 nitrogen and oxygen atoms in total. The van der Waals surface area contributed by atoms with Crippen molar-refractivity contribution in [2.45, 2.75) is 6.92 Å². The van der Waals surface area contributed by atoms with Gasteiger partial charge in [0.15, 0.2) is 0 Å². The van der Waals surface area contributed by atoms with E-state index in [-0.39, 0.29) is 0 Å². The van der Waals surface area contributed by atoms with Gasteiger partial charge in [0, 0.05) is 28.0 Å². The fourth-order valence-electron chi connectivity index (χ4n) is 1.94. The van der Waals surface area contributed by atoms with Gasteiger partial charge in [-0.05, 0) is 19.1 Å². The second-order valence-electron chi connectivity index (χ2n) is 3.67. The summed E-state index contributed by atoms with van der Waals surface area (Å²) in [6.07, 6.45) is 1.80. The van der Waals surface area contributed by atoms with Crippen LogP contribution in [0.25, 0.3) is 21.9 Å². The van der Waals surface area contributed by atoms with Crippen molar-refractivity contribution in [2.24, 2.45) is 0 Å². The summed E-state index contributed by atoms with van der Waals surface area (Å²) >= 11 is 0. The first-order valence-electron chi connectivity index (χ1n) is 5.18. The Kier molecular flexibility index (Phi) is 1.91. The fraction of sp³-hybridized carbons (Fsp3) is 0.0714. The van der Waals surface area contributed by atoms with E-state index in [4.69, 9.17) is 0 Å². The molecule has 3 aromatic rings. The Morgan fingerprint density at radius 3 is 2.94 bits per heavy atom. The molecule has 0 aliphatic carbocycles. The van der Waals surface area contributed by atoms with Gasteiger partial charge in [0.25, 0.3) is 0 Å². The largest absolute Gasteiger partial charge is 0.339 e. The van der Waals surface area contributed by atoms with Crippen LogP contribution in [0.5, 0.6) is 0 Å². The molecule has 0 aliphatic rings. The first-order chi connectivity index (χ1) is 7.88. The molecule has 0 spiro atoms. The summed E-state index contributed by atoms with van der Waals surface area (Å²) in [6.45, 7) is 1.83. The SMILES string of the molecule is CC#Cc1cnc2[nH]c3ccccc3c2c1. The molecule has 0 saturated carbocycles. The van der Waals surface area contributed by atoms with Gasteiger partial charge in [-0.15, -0.1) is 5.92 Å². The van der Waals surface area contributed by atoms with Crippen LogP contribution >= 0.6 is 0 Å². The van der Waals surface area contributed by atoms with Crippen LogP contribution < -0.4 is 0 Å². The lowest BCUT2D eigenvalue weighted by Gasteiger charge is -1.91. The molecule has 1 aromatic carbocycles. The highest BCUT2D eigenvalue weighted by molar-refractivity contribution is 6.06. The van der Waals surface area contributed by atoms with E-state index in [1.165, 1.54) is 5.39 Å². The molecule has 0 fully saturated rings. The van der Waals surface area contributed by atoms with Crippen molar-refractivity contribution < 1.29 is 0 Å². The summed E-state index contributed by atoms with van der Waals surface area (Å²) in [4.78, 5) is 7.67. The maximum Gasteiger partial charge on any atom is 0.138 e. The van der Waals surface area contributed by atoms with Gasteiger partial charge in [-0.25, -0.2) is 4.98 Å². The number of pyridine rings is 1. The van der Waals surface area contributed by atoms with Crippen LogP contribution in [-0.2, 0) is 0 Å². The smallest absolute Gasteiger partial charge is 0.138 e. The number of aromatic nitrogens is 2. The van der Waals surface area contributed by atoms with Crippen molar-refractivity contribution in [3.63, 3.8) is 0 Å². The first-order valence-corrected chi connectivity index (χ1v) is 5.18. The van der Waals surface area contributed by atoms with Crippen LogP contribution in [0.3, 0.4) is 0 Å². The Hall–Kier alpha value is -2.27. The summed E-state index contributed by atoms with van der Waals surface area (Å²) < 4.78 is 0. The molecule has 2 heteroatoms. The van der Waals surface area contributed by atoms with Gasteiger partial charge >= 0.3 is 0 Å². The van der Waals surface area contributed by atoms with Crippen LogP contribution in [0.15, 0.2) is 36.5 Å². The third-order valence-electron chi connectivity index (χ3n) is 2.63. The standard InChI is InChI=1S/C14H10N2/c1-2-5-10-8-12-11-6-3-4-7-13(11)16-14(12)15-9-10/h3-4,6-9H,1H3,(H,15,16). The van der Waals surface area contributed by atoms with Crippen LogP contribution in [0, 0.1) is 11.8 Å². The van der Waals surface area contributed by atoms with E-state index in [0.29, 0.717) is 0 Å². The van der Waals surface area contributed by atoms with Crippen LogP contribution in [0.2, 0.25) is 0 Å². The van der Waals surface area contributed by atoms with Gasteiger partial charge in [-0.3, -0.25) is 0 Å². The molecular weight excluding hydrogens is 196 g/mol. The molecule has 0 unspecified atom stereocenters. The van der Waals surface area contributed by atoms with Crippen molar-refractivity contribution in [2.75, 3.05) is 0 Å². The maximum absolute atomic E-state index is 4.38. The average molecular weight is 206 g/mol. The van der Waals surface area contributed by atoms with Gasteiger partial charge in [0.05, 0.1) is 0 Å². The Labute approximate surface area is 93.3 Å². The summed E-state index contributed by atoms with van der Waals surface area (Å²) in [7, 11) is 0. The lowest BCUT2D eigenvalue weighted by atomic mass is 10.1. The van der Waals surface area contributed by atoms with Gasteiger partial charge in [0.1, 0.15) is 5.65 Å². The topological polar surface area (TPSA) is 28.7 Å². The van der Waals surface area contributed by atoms with Crippen molar-refractivity contribution >= 4 is 21.9 Å². The predicted octanol–water partition coefficient (Wildman–Crippen LogP) is 3.09. The highest BCUT2D eigenvalue weighted by atomic mass is 14.8. The number of H-pyrrole nitrogens is 1. The molecule has 0 saturated heterocycles. The molecule has 16 heavy (non-hydrogen) atoms. The number of para-hydroxylation sites is 1. The lowest BCUT2D eigenvalue weighted by Crippen LogP contribution is -1.79. The fourth-order valence-corrected chi connectivity index (χ4v) is 1.94. The molecular formula is C14H10N2. The Morgan fingerprint density at radius 2 is 2.06 bits per heavy atom. The van der Waals surface area contributed by atoms with Crippen molar-refractivity contribution in [3.8, 4) is 11.8 Å². The van der Waals surface area contributed by atoms with Crippen LogP contribution in [0.4, 0.5) is 0 Å². The predicted molar refractivity (Wildman–Crippen MR) is 66.2 cm³/mol. The zero-order chi connectivity index (χ0) is 11.0. The number of nitrogens with one attached hydrogen (secondary N) is 1. The number of fused-ring (bicyclic) bond motifs is 3. The van der Waals surface area contributed by atoms with Crippen LogP contribution in [-0.4, -0.2) is 9.97 Å². The summed E-state index contributed by atoms with van der Waals surface area (Å²) in [6, 6.07) is 10.3. The van der Waals surface area contributed by atoms with Gasteiger partial charge < -0.3 is 4.98 Å².